The van der Waals surface area contributed by atoms with Gasteiger partial charge >= 0.3 is 5.97 Å². The molecule has 0 saturated heterocycles. The molecule has 0 amide bonds. The minimum atomic E-state index is -0.391. The van der Waals surface area contributed by atoms with Crippen LogP contribution in [0.4, 0.5) is 0 Å². The Labute approximate surface area is 178 Å². The molecule has 0 fully saturated rings. The van der Waals surface area contributed by atoms with Crippen molar-refractivity contribution in [2.45, 2.75) is 6.92 Å². The number of aromatic hydroxyl groups is 1. The summed E-state index contributed by atoms with van der Waals surface area (Å²) in [5.74, 6) is 1.01. The first-order chi connectivity index (χ1) is 15.1. The van der Waals surface area contributed by atoms with Gasteiger partial charge in [0.15, 0.2) is 17.3 Å². The predicted molar refractivity (Wildman–Crippen MR) is 116 cm³/mol. The van der Waals surface area contributed by atoms with E-state index >= 15 is 0 Å². The number of para-hydroxylation sites is 2. The van der Waals surface area contributed by atoms with Gasteiger partial charge in [-0.25, -0.2) is 9.78 Å². The number of hydrogen-bond donors (Lipinski definition) is 1. The van der Waals surface area contributed by atoms with Crippen LogP contribution in [0.2, 0.25) is 0 Å². The van der Waals surface area contributed by atoms with E-state index in [9.17, 15) is 9.90 Å². The Kier molecular flexibility index (Phi) is 5.66. The molecule has 0 radical (unpaired) electrons. The maximum Gasteiger partial charge on any atom is 0.338 e. The number of carbonyl (C=O) groups excluding carboxylic acids is 1. The molecule has 0 aliphatic carbocycles. The van der Waals surface area contributed by atoms with Gasteiger partial charge in [-0.1, -0.05) is 18.2 Å². The third kappa shape index (κ3) is 4.11. The van der Waals surface area contributed by atoms with Gasteiger partial charge in [0.2, 0.25) is 5.88 Å². The first-order valence-electron chi connectivity index (χ1n) is 9.69. The molecule has 7 nitrogen and oxygen atoms in total. The van der Waals surface area contributed by atoms with E-state index in [-0.39, 0.29) is 5.75 Å². The molecule has 3 aromatic carbocycles. The van der Waals surface area contributed by atoms with Crippen LogP contribution in [0.3, 0.4) is 0 Å². The number of rotatable bonds is 6. The highest BCUT2D eigenvalue weighted by molar-refractivity contribution is 5.89. The predicted octanol–water partition coefficient (Wildman–Crippen LogP) is 4.98. The minimum absolute atomic E-state index is 0.0509. The SMILES string of the molecule is CCOC(=O)c1ccc(Oc2nc(-c3cccc(OC)c3O)nc3ccccc23)cc1. The molecular weight excluding hydrogens is 396 g/mol. The number of carbonyl (C=O) groups is 1. The lowest BCUT2D eigenvalue weighted by atomic mass is 10.1. The first-order valence-corrected chi connectivity index (χ1v) is 9.69. The average molecular weight is 416 g/mol. The van der Waals surface area contributed by atoms with Crippen molar-refractivity contribution in [3.8, 4) is 34.5 Å². The van der Waals surface area contributed by atoms with E-state index < -0.39 is 5.97 Å². The number of benzene rings is 3. The molecule has 156 valence electrons. The van der Waals surface area contributed by atoms with Crippen molar-refractivity contribution in [3.63, 3.8) is 0 Å². The summed E-state index contributed by atoms with van der Waals surface area (Å²) in [6, 6.07) is 19.1. The second kappa shape index (κ2) is 8.71. The van der Waals surface area contributed by atoms with Gasteiger partial charge in [-0.2, -0.15) is 4.98 Å². The van der Waals surface area contributed by atoms with E-state index in [0.717, 1.165) is 0 Å². The Morgan fingerprint density at radius 2 is 1.74 bits per heavy atom. The van der Waals surface area contributed by atoms with Gasteiger partial charge in [0, 0.05) is 0 Å². The second-order valence-electron chi connectivity index (χ2n) is 6.57. The van der Waals surface area contributed by atoms with E-state index in [1.165, 1.54) is 7.11 Å². The van der Waals surface area contributed by atoms with Gasteiger partial charge in [-0.15, -0.1) is 0 Å². The van der Waals surface area contributed by atoms with Crippen molar-refractivity contribution >= 4 is 16.9 Å². The van der Waals surface area contributed by atoms with Crippen LogP contribution in [0.5, 0.6) is 23.1 Å². The molecule has 31 heavy (non-hydrogen) atoms. The molecule has 1 heterocycles. The molecule has 0 atom stereocenters. The van der Waals surface area contributed by atoms with Gasteiger partial charge < -0.3 is 19.3 Å². The quantitative estimate of drug-likeness (QED) is 0.443. The van der Waals surface area contributed by atoms with E-state index in [1.807, 2.05) is 24.3 Å². The standard InChI is InChI=1S/C24H20N2O5/c1-3-30-24(28)15-11-13-16(14-12-15)31-23-17-7-4-5-9-19(17)25-22(26-23)18-8-6-10-20(29-2)21(18)27/h4-14,27H,3H2,1-2H3. The lowest BCUT2D eigenvalue weighted by molar-refractivity contribution is 0.0526. The number of esters is 1. The van der Waals surface area contributed by atoms with Crippen LogP contribution in [-0.2, 0) is 4.74 Å². The number of hydrogen-bond acceptors (Lipinski definition) is 7. The lowest BCUT2D eigenvalue weighted by Gasteiger charge is -2.12. The van der Waals surface area contributed by atoms with E-state index in [1.54, 1.807) is 49.4 Å². The Bertz CT molecular complexity index is 1240. The summed E-state index contributed by atoms with van der Waals surface area (Å²) in [5, 5.41) is 11.2. The molecule has 0 unspecified atom stereocenters. The number of nitrogens with zero attached hydrogens (tertiary/aromatic N) is 2. The fourth-order valence-electron chi connectivity index (χ4n) is 3.10. The average Bonchev–Trinajstić information content (AvgIpc) is 2.80. The summed E-state index contributed by atoms with van der Waals surface area (Å²) in [7, 11) is 1.48. The smallest absolute Gasteiger partial charge is 0.338 e. The number of methoxy groups -OCH3 is 1. The summed E-state index contributed by atoms with van der Waals surface area (Å²) < 4.78 is 16.2. The van der Waals surface area contributed by atoms with Crippen LogP contribution in [0.25, 0.3) is 22.3 Å². The zero-order valence-corrected chi connectivity index (χ0v) is 17.0. The fourth-order valence-corrected chi connectivity index (χ4v) is 3.10. The van der Waals surface area contributed by atoms with E-state index in [4.69, 9.17) is 14.2 Å². The van der Waals surface area contributed by atoms with Crippen LogP contribution < -0.4 is 9.47 Å². The molecule has 0 spiro atoms. The molecule has 0 saturated carbocycles. The number of phenolic OH excluding ortho intramolecular Hbond substituents is 1. The van der Waals surface area contributed by atoms with Crippen LogP contribution in [0, 0.1) is 0 Å². The summed E-state index contributed by atoms with van der Waals surface area (Å²) in [4.78, 5) is 21.0. The zero-order valence-electron chi connectivity index (χ0n) is 17.0. The zero-order chi connectivity index (χ0) is 21.8. The Morgan fingerprint density at radius 3 is 2.48 bits per heavy atom. The molecule has 1 aromatic heterocycles. The molecule has 0 bridgehead atoms. The van der Waals surface area contributed by atoms with Crippen molar-refractivity contribution in [2.75, 3.05) is 13.7 Å². The fraction of sp³-hybridized carbons (Fsp3) is 0.125. The van der Waals surface area contributed by atoms with Crippen LogP contribution in [0.15, 0.2) is 66.7 Å². The van der Waals surface area contributed by atoms with Gasteiger partial charge in [-0.3, -0.25) is 0 Å². The maximum absolute atomic E-state index is 11.9. The van der Waals surface area contributed by atoms with Gasteiger partial charge in [0.25, 0.3) is 0 Å². The van der Waals surface area contributed by atoms with Crippen molar-refractivity contribution in [2.24, 2.45) is 0 Å². The molecular formula is C24H20N2O5. The highest BCUT2D eigenvalue weighted by atomic mass is 16.5. The monoisotopic (exact) mass is 416 g/mol. The summed E-state index contributed by atoms with van der Waals surface area (Å²) >= 11 is 0. The topological polar surface area (TPSA) is 90.8 Å². The minimum Gasteiger partial charge on any atom is -0.504 e. The van der Waals surface area contributed by atoms with Crippen molar-refractivity contribution in [3.05, 3.63) is 72.3 Å². The van der Waals surface area contributed by atoms with Crippen molar-refractivity contribution in [1.82, 2.24) is 9.97 Å². The third-order valence-electron chi connectivity index (χ3n) is 4.61. The summed E-state index contributed by atoms with van der Waals surface area (Å²) in [6.07, 6.45) is 0. The number of aromatic nitrogens is 2. The van der Waals surface area contributed by atoms with E-state index in [2.05, 4.69) is 9.97 Å². The molecule has 0 aliphatic rings. The normalized spacial score (nSPS) is 10.6. The van der Waals surface area contributed by atoms with Crippen LogP contribution in [-0.4, -0.2) is 34.8 Å². The number of fused-ring (bicyclic) bond motifs is 1. The largest absolute Gasteiger partial charge is 0.504 e. The van der Waals surface area contributed by atoms with Crippen molar-refractivity contribution < 1.29 is 24.1 Å². The van der Waals surface area contributed by atoms with Gasteiger partial charge in [-0.05, 0) is 55.5 Å². The molecule has 4 aromatic rings. The number of phenols is 1. The molecule has 7 heteroatoms. The van der Waals surface area contributed by atoms with Crippen molar-refractivity contribution in [1.29, 1.82) is 0 Å². The molecule has 1 N–H and O–H groups in total. The molecule has 0 aliphatic heterocycles. The summed E-state index contributed by atoms with van der Waals surface area (Å²) in [5.41, 5.74) is 1.52. The Balaban J connectivity index is 1.75. The van der Waals surface area contributed by atoms with Gasteiger partial charge in [0.05, 0.1) is 35.7 Å². The molecule has 4 rings (SSSR count). The van der Waals surface area contributed by atoms with E-state index in [0.29, 0.717) is 51.8 Å². The second-order valence-corrected chi connectivity index (χ2v) is 6.57. The lowest BCUT2D eigenvalue weighted by Crippen LogP contribution is -2.04. The highest BCUT2D eigenvalue weighted by Crippen LogP contribution is 2.37. The Morgan fingerprint density at radius 1 is 0.968 bits per heavy atom. The Hall–Kier alpha value is -4.13. The van der Waals surface area contributed by atoms with Crippen LogP contribution >= 0.6 is 0 Å². The first kappa shape index (κ1) is 20.2. The van der Waals surface area contributed by atoms with Crippen LogP contribution in [0.1, 0.15) is 17.3 Å². The maximum atomic E-state index is 11.9. The summed E-state index contributed by atoms with van der Waals surface area (Å²) in [6.45, 7) is 2.07. The highest BCUT2D eigenvalue weighted by Gasteiger charge is 2.16. The third-order valence-corrected chi connectivity index (χ3v) is 4.61. The number of ether oxygens (including phenoxy) is 3. The van der Waals surface area contributed by atoms with Gasteiger partial charge in [0.1, 0.15) is 5.75 Å².